The molecule has 0 aliphatic carbocycles. The maximum absolute atomic E-state index is 14.0. The van der Waals surface area contributed by atoms with Crippen LogP contribution in [0.3, 0.4) is 0 Å². The van der Waals surface area contributed by atoms with Gasteiger partial charge in [0.15, 0.2) is 5.17 Å². The standard InChI is InChI=1S/C19H13BrFN3OS/c1-26-17(12-7-8-15-11(10-12)4-3-9-22-15)18(25)24-19(26)23-16-13(20)5-2-6-14(16)21/h2-10,17H,1H2,(H,23,24,25). The Morgan fingerprint density at radius 2 is 2.08 bits per heavy atom. The minimum atomic E-state index is -0.758. The third-order valence-corrected chi connectivity index (χ3v) is 6.47. The number of carbonyl (C=O) groups excluding carboxylic acids is 1. The third-order valence-electron chi connectivity index (χ3n) is 4.08. The highest BCUT2D eigenvalue weighted by Gasteiger charge is 2.34. The summed E-state index contributed by atoms with van der Waals surface area (Å²) in [6.07, 6.45) is 1.73. The minimum Gasteiger partial charge on any atom is -0.304 e. The Morgan fingerprint density at radius 1 is 1.23 bits per heavy atom. The number of benzene rings is 2. The van der Waals surface area contributed by atoms with Crippen LogP contribution in [0.25, 0.3) is 10.9 Å². The van der Waals surface area contributed by atoms with Crippen LogP contribution < -0.4 is 5.32 Å². The molecule has 26 heavy (non-hydrogen) atoms. The van der Waals surface area contributed by atoms with E-state index in [1.54, 1.807) is 18.3 Å². The van der Waals surface area contributed by atoms with Gasteiger partial charge in [-0.1, -0.05) is 24.1 Å². The summed E-state index contributed by atoms with van der Waals surface area (Å²) in [5.74, 6) is 3.48. The van der Waals surface area contributed by atoms with Crippen LogP contribution in [0.5, 0.6) is 0 Å². The first kappa shape index (κ1) is 17.1. The Kier molecular flexibility index (Phi) is 4.42. The first-order valence-corrected chi connectivity index (χ1v) is 10.0. The van der Waals surface area contributed by atoms with Crippen LogP contribution >= 0.6 is 26.4 Å². The maximum Gasteiger partial charge on any atom is 0.243 e. The molecule has 0 saturated carbocycles. The van der Waals surface area contributed by atoms with Crippen molar-refractivity contribution in [3.05, 3.63) is 70.6 Å². The van der Waals surface area contributed by atoms with Crippen molar-refractivity contribution in [3.8, 4) is 0 Å². The number of nitrogens with zero attached hydrogens (tertiary/aromatic N) is 2. The van der Waals surface area contributed by atoms with Crippen molar-refractivity contribution in [1.82, 2.24) is 10.3 Å². The zero-order valence-corrected chi connectivity index (χ0v) is 15.8. The Hall–Kier alpha value is -2.38. The highest BCUT2D eigenvalue weighted by atomic mass is 79.9. The lowest BCUT2D eigenvalue weighted by atomic mass is 10.1. The Morgan fingerprint density at radius 3 is 2.88 bits per heavy atom. The number of aromatic nitrogens is 1. The van der Waals surface area contributed by atoms with Crippen molar-refractivity contribution in [2.24, 2.45) is 4.99 Å². The lowest BCUT2D eigenvalue weighted by Crippen LogP contribution is -2.21. The molecule has 2 atom stereocenters. The Bertz CT molecular complexity index is 1080. The van der Waals surface area contributed by atoms with Gasteiger partial charge in [-0.05, 0) is 51.8 Å². The normalized spacial score (nSPS) is 21.3. The molecule has 0 radical (unpaired) electrons. The number of halogens is 2. The molecule has 1 fully saturated rings. The van der Waals surface area contributed by atoms with E-state index < -0.39 is 21.6 Å². The number of pyridine rings is 1. The molecule has 3 aromatic rings. The van der Waals surface area contributed by atoms with Gasteiger partial charge in [-0.15, -0.1) is 10.5 Å². The van der Waals surface area contributed by atoms with Gasteiger partial charge in [0.1, 0.15) is 16.8 Å². The van der Waals surface area contributed by atoms with Crippen LogP contribution in [0, 0.1) is 5.82 Å². The predicted octanol–water partition coefficient (Wildman–Crippen LogP) is 4.70. The van der Waals surface area contributed by atoms with E-state index in [9.17, 15) is 9.18 Å². The summed E-state index contributed by atoms with van der Waals surface area (Å²) in [6.45, 7) is 0. The van der Waals surface area contributed by atoms with E-state index in [2.05, 4.69) is 37.1 Å². The quantitative estimate of drug-likeness (QED) is 0.600. The molecule has 2 unspecified atom stereocenters. The lowest BCUT2D eigenvalue weighted by Gasteiger charge is -2.10. The highest BCUT2D eigenvalue weighted by molar-refractivity contribution is 9.10. The Balaban J connectivity index is 1.74. The number of rotatable bonds is 2. The van der Waals surface area contributed by atoms with Gasteiger partial charge < -0.3 is 5.32 Å². The molecule has 0 bridgehead atoms. The van der Waals surface area contributed by atoms with E-state index in [4.69, 9.17) is 0 Å². The van der Waals surface area contributed by atoms with Crippen molar-refractivity contribution >= 4 is 59.9 Å². The molecule has 1 aliphatic heterocycles. The van der Waals surface area contributed by atoms with Gasteiger partial charge in [-0.2, -0.15) is 0 Å². The number of hydrogen-bond acceptors (Lipinski definition) is 3. The van der Waals surface area contributed by atoms with Gasteiger partial charge in [0.25, 0.3) is 0 Å². The molecule has 1 saturated heterocycles. The number of carbonyl (C=O) groups is 1. The molecule has 0 spiro atoms. The number of nitrogens with one attached hydrogen (secondary N) is 1. The fourth-order valence-electron chi connectivity index (χ4n) is 2.83. The van der Waals surface area contributed by atoms with Crippen LogP contribution in [-0.2, 0) is 4.79 Å². The summed E-state index contributed by atoms with van der Waals surface area (Å²) in [6, 6.07) is 14.1. The van der Waals surface area contributed by atoms with Crippen molar-refractivity contribution in [2.75, 3.05) is 0 Å². The van der Waals surface area contributed by atoms with E-state index in [0.717, 1.165) is 16.5 Å². The lowest BCUT2D eigenvalue weighted by molar-refractivity contribution is -0.118. The van der Waals surface area contributed by atoms with E-state index in [1.165, 1.54) is 6.07 Å². The molecule has 2 aromatic carbocycles. The number of amidine groups is 1. The van der Waals surface area contributed by atoms with Crippen LogP contribution in [0.1, 0.15) is 10.8 Å². The molecule has 1 N–H and O–H groups in total. The fourth-order valence-corrected chi connectivity index (χ4v) is 4.72. The third kappa shape index (κ3) is 2.97. The minimum absolute atomic E-state index is 0.160. The zero-order valence-electron chi connectivity index (χ0n) is 13.4. The summed E-state index contributed by atoms with van der Waals surface area (Å²) in [7, 11) is -0.758. The van der Waals surface area contributed by atoms with Crippen molar-refractivity contribution < 1.29 is 9.18 Å². The molecule has 7 heteroatoms. The smallest absolute Gasteiger partial charge is 0.243 e. The van der Waals surface area contributed by atoms with Crippen LogP contribution in [-0.4, -0.2) is 21.9 Å². The Labute approximate surface area is 160 Å². The maximum atomic E-state index is 14.0. The summed E-state index contributed by atoms with van der Waals surface area (Å²) < 4.78 is 14.6. The average molecular weight is 430 g/mol. The van der Waals surface area contributed by atoms with Gasteiger partial charge in [0.2, 0.25) is 5.91 Å². The van der Waals surface area contributed by atoms with E-state index >= 15 is 0 Å². The van der Waals surface area contributed by atoms with Gasteiger partial charge in [0, 0.05) is 16.1 Å². The molecular formula is C19H13BrFN3OS. The molecule has 2 heterocycles. The number of aliphatic imine (C=N–C) groups is 1. The molecule has 4 rings (SSSR count). The van der Waals surface area contributed by atoms with Gasteiger partial charge in [0.05, 0.1) is 5.52 Å². The summed E-state index contributed by atoms with van der Waals surface area (Å²) >= 11 is 3.29. The van der Waals surface area contributed by atoms with E-state index in [-0.39, 0.29) is 11.6 Å². The van der Waals surface area contributed by atoms with Gasteiger partial charge in [-0.25, -0.2) is 9.38 Å². The first-order valence-electron chi connectivity index (χ1n) is 7.75. The average Bonchev–Trinajstić information content (AvgIpc) is 2.91. The second kappa shape index (κ2) is 6.74. The van der Waals surface area contributed by atoms with Crippen molar-refractivity contribution in [2.45, 2.75) is 5.25 Å². The largest absolute Gasteiger partial charge is 0.304 e. The van der Waals surface area contributed by atoms with Crippen molar-refractivity contribution in [3.63, 3.8) is 0 Å². The topological polar surface area (TPSA) is 54.4 Å². The molecule has 1 amide bonds. The van der Waals surface area contributed by atoms with Gasteiger partial charge in [-0.3, -0.25) is 9.78 Å². The summed E-state index contributed by atoms with van der Waals surface area (Å²) in [5, 5.41) is 3.65. The molecule has 1 aliphatic rings. The molecular weight excluding hydrogens is 417 g/mol. The van der Waals surface area contributed by atoms with Gasteiger partial charge >= 0.3 is 0 Å². The molecule has 4 nitrogen and oxygen atoms in total. The van der Waals surface area contributed by atoms with Crippen LogP contribution in [0.2, 0.25) is 0 Å². The summed E-state index contributed by atoms with van der Waals surface area (Å²) in [4.78, 5) is 21.2. The number of para-hydroxylation sites is 1. The van der Waals surface area contributed by atoms with E-state index in [0.29, 0.717) is 9.64 Å². The predicted molar refractivity (Wildman–Crippen MR) is 109 cm³/mol. The summed E-state index contributed by atoms with van der Waals surface area (Å²) in [5.41, 5.74) is 1.87. The SMILES string of the molecule is C=S1C(=Nc2c(F)cccc2Br)NC(=O)C1c1ccc2ncccc2c1. The van der Waals surface area contributed by atoms with Crippen LogP contribution in [0.4, 0.5) is 10.1 Å². The number of hydrogen-bond donors (Lipinski definition) is 1. The number of amides is 1. The first-order chi connectivity index (χ1) is 12.5. The highest BCUT2D eigenvalue weighted by Crippen LogP contribution is 2.41. The molecule has 130 valence electrons. The molecule has 1 aromatic heterocycles. The van der Waals surface area contributed by atoms with Crippen molar-refractivity contribution in [1.29, 1.82) is 0 Å². The van der Waals surface area contributed by atoms with E-state index in [1.807, 2.05) is 30.3 Å². The number of fused-ring (bicyclic) bond motifs is 1. The van der Waals surface area contributed by atoms with Crippen LogP contribution in [0.15, 0.2) is 64.2 Å². The second-order valence-electron chi connectivity index (χ2n) is 5.74. The second-order valence-corrected chi connectivity index (χ2v) is 8.31. The monoisotopic (exact) mass is 429 g/mol. The zero-order chi connectivity index (χ0) is 18.3. The fraction of sp³-hybridized carbons (Fsp3) is 0.0526.